The summed E-state index contributed by atoms with van der Waals surface area (Å²) < 4.78 is 5.26. The van der Waals surface area contributed by atoms with Crippen molar-refractivity contribution in [3.8, 4) is 0 Å². The van der Waals surface area contributed by atoms with Crippen LogP contribution < -0.4 is 21.7 Å². The number of carbonyl (C=O) groups is 3. The van der Waals surface area contributed by atoms with E-state index in [0.29, 0.717) is 56.0 Å². The number of likely N-dealkylation sites (tertiary alicyclic amines) is 2. The molecule has 1 saturated carbocycles. The maximum atomic E-state index is 14.0. The fourth-order valence-electron chi connectivity index (χ4n) is 8.14. The van der Waals surface area contributed by atoms with Gasteiger partial charge in [-0.2, -0.15) is 0 Å². The van der Waals surface area contributed by atoms with E-state index < -0.39 is 17.3 Å². The lowest BCUT2D eigenvalue weighted by Crippen LogP contribution is -2.60. The topological polar surface area (TPSA) is 140 Å². The Morgan fingerprint density at radius 2 is 1.64 bits per heavy atom. The maximum absolute atomic E-state index is 14.0. The number of H-pyrrole nitrogens is 1. The van der Waals surface area contributed by atoms with Crippen molar-refractivity contribution in [1.29, 1.82) is 0 Å². The molecule has 238 valence electrons. The number of hydrogen-bond donors (Lipinski definition) is 4. The van der Waals surface area contributed by atoms with Crippen LogP contribution in [-0.2, 0) is 16.8 Å². The average molecular weight is 615 g/mol. The molecular weight excluding hydrogens is 572 g/mol. The maximum Gasteiger partial charge on any atom is 0.417 e. The molecule has 3 fully saturated rings. The van der Waals surface area contributed by atoms with Crippen LogP contribution in [0.3, 0.4) is 0 Å². The van der Waals surface area contributed by atoms with Gasteiger partial charge >= 0.3 is 17.8 Å². The molecule has 5 amide bonds. The molecule has 1 spiro atoms. The van der Waals surface area contributed by atoms with Crippen LogP contribution in [0.25, 0.3) is 11.1 Å². The van der Waals surface area contributed by atoms with Gasteiger partial charge in [0.2, 0.25) is 5.91 Å². The number of piperidine rings is 2. The molecule has 2 saturated heterocycles. The molecule has 0 bridgehead atoms. The minimum absolute atomic E-state index is 0.0749. The Morgan fingerprint density at radius 3 is 2.42 bits per heavy atom. The first-order valence-electron chi connectivity index (χ1n) is 16.5. The van der Waals surface area contributed by atoms with Gasteiger partial charge in [-0.15, -0.1) is 0 Å². The third-order valence-electron chi connectivity index (χ3n) is 10.6. The minimum Gasteiger partial charge on any atom is -0.408 e. The smallest absolute Gasteiger partial charge is 0.408 e. The lowest BCUT2D eigenvalue weighted by Gasteiger charge is -2.45. The summed E-state index contributed by atoms with van der Waals surface area (Å²) in [5.41, 5.74) is 3.10. The summed E-state index contributed by atoms with van der Waals surface area (Å²) in [6.07, 6.45) is 10.0. The van der Waals surface area contributed by atoms with Gasteiger partial charge in [0.1, 0.15) is 6.04 Å². The van der Waals surface area contributed by atoms with Crippen molar-refractivity contribution in [3.05, 3.63) is 64.1 Å². The Morgan fingerprint density at radius 1 is 0.911 bits per heavy atom. The molecule has 1 aromatic heterocycles. The number of nitrogens with one attached hydrogen (secondary N) is 4. The Hall–Kier alpha value is -4.28. The van der Waals surface area contributed by atoms with Crippen LogP contribution in [-0.4, -0.2) is 65.0 Å². The number of aromatic nitrogens is 1. The highest BCUT2D eigenvalue weighted by atomic mass is 16.4. The number of oxazole rings is 1. The van der Waals surface area contributed by atoms with E-state index in [1.54, 1.807) is 17.0 Å². The molecule has 0 radical (unpaired) electrons. The molecule has 4 aliphatic rings. The highest BCUT2D eigenvalue weighted by molar-refractivity contribution is 5.94. The summed E-state index contributed by atoms with van der Waals surface area (Å²) in [6.45, 7) is 2.29. The number of fused-ring (bicyclic) bond motifs is 3. The molecule has 1 atom stereocenters. The monoisotopic (exact) mass is 614 g/mol. The molecular formula is C34H42N6O5. The number of carbonyl (C=O) groups excluding carboxylic acids is 3. The number of nitrogens with zero attached hydrogens (tertiary/aromatic N) is 2. The molecule has 4 N–H and O–H groups in total. The Balaban J connectivity index is 1.05. The summed E-state index contributed by atoms with van der Waals surface area (Å²) in [5.74, 6) is 0.837. The molecule has 11 nitrogen and oxygen atoms in total. The highest BCUT2D eigenvalue weighted by Crippen LogP contribution is 2.40. The predicted octanol–water partition coefficient (Wildman–Crippen LogP) is 4.69. The first-order valence-corrected chi connectivity index (χ1v) is 16.5. The van der Waals surface area contributed by atoms with Crippen molar-refractivity contribution >= 4 is 34.8 Å². The van der Waals surface area contributed by atoms with Crippen molar-refractivity contribution in [2.45, 2.75) is 75.8 Å². The third kappa shape index (κ3) is 6.04. The van der Waals surface area contributed by atoms with Gasteiger partial charge in [-0.25, -0.2) is 14.4 Å². The summed E-state index contributed by atoms with van der Waals surface area (Å²) in [6, 6.07) is 11.9. The highest BCUT2D eigenvalue weighted by Gasteiger charge is 2.43. The van der Waals surface area contributed by atoms with E-state index in [2.05, 4.69) is 20.9 Å². The van der Waals surface area contributed by atoms with Crippen molar-refractivity contribution in [2.75, 3.05) is 31.5 Å². The molecule has 11 heteroatoms. The summed E-state index contributed by atoms with van der Waals surface area (Å²) in [7, 11) is 0. The zero-order chi connectivity index (χ0) is 31.0. The van der Waals surface area contributed by atoms with Gasteiger partial charge < -0.3 is 30.2 Å². The zero-order valence-electron chi connectivity index (χ0n) is 25.6. The third-order valence-corrected chi connectivity index (χ3v) is 10.6. The van der Waals surface area contributed by atoms with E-state index in [-0.39, 0.29) is 24.4 Å². The number of rotatable bonds is 5. The first kappa shape index (κ1) is 29.4. The summed E-state index contributed by atoms with van der Waals surface area (Å²) in [5, 5.41) is 9.08. The van der Waals surface area contributed by atoms with Gasteiger partial charge in [0.05, 0.1) is 11.1 Å². The van der Waals surface area contributed by atoms with Gasteiger partial charge in [0.25, 0.3) is 0 Å². The van der Waals surface area contributed by atoms with E-state index >= 15 is 0 Å². The Bertz CT molecular complexity index is 1620. The van der Waals surface area contributed by atoms with E-state index in [0.717, 1.165) is 35.6 Å². The Kier molecular flexibility index (Phi) is 8.01. The molecule has 4 heterocycles. The number of hydrogen-bond acceptors (Lipinski definition) is 5. The zero-order valence-corrected chi connectivity index (χ0v) is 25.6. The average Bonchev–Trinajstić information content (AvgIpc) is 3.44. The number of anilines is 1. The fraction of sp³-hybridized carbons (Fsp3) is 0.529. The van der Waals surface area contributed by atoms with Crippen LogP contribution in [0.2, 0.25) is 0 Å². The molecule has 3 aromatic rings. The van der Waals surface area contributed by atoms with Crippen molar-refractivity contribution < 1.29 is 18.8 Å². The fourth-order valence-corrected chi connectivity index (χ4v) is 8.14. The molecule has 1 aliphatic carbocycles. The van der Waals surface area contributed by atoms with Gasteiger partial charge in [-0.1, -0.05) is 56.4 Å². The second-order valence-corrected chi connectivity index (χ2v) is 13.3. The lowest BCUT2D eigenvalue weighted by molar-refractivity contribution is -0.135. The number of aromatic amines is 1. The number of benzene rings is 2. The van der Waals surface area contributed by atoms with Crippen LogP contribution in [0.5, 0.6) is 0 Å². The molecule has 3 aliphatic heterocycles. The van der Waals surface area contributed by atoms with Crippen LogP contribution >= 0.6 is 0 Å². The number of para-hydroxylation sites is 1. The summed E-state index contributed by atoms with van der Waals surface area (Å²) in [4.78, 5) is 58.3. The molecule has 7 rings (SSSR count). The van der Waals surface area contributed by atoms with E-state index in [1.807, 2.05) is 35.2 Å². The first-order chi connectivity index (χ1) is 21.9. The standard InChI is InChI=1S/C34H42N6O5/c41-30(39-16-12-24(13-17-39)23-6-2-1-3-7-23)28(20-22-10-11-27-29(21-22)45-33(44)37-27)36-32(43)40-18-14-34(15-19-40)25-8-4-5-9-26(25)35-31(42)38-34/h4-5,8-11,21,23-24,28H,1-3,6-7,12-20H2,(H,36,43)(H,37,44)(H2,35,38,42)/t28-/m1/s1. The van der Waals surface area contributed by atoms with Crippen molar-refractivity contribution in [2.24, 2.45) is 11.8 Å². The van der Waals surface area contributed by atoms with Crippen LogP contribution in [0.4, 0.5) is 15.3 Å². The van der Waals surface area contributed by atoms with Crippen molar-refractivity contribution in [1.82, 2.24) is 25.4 Å². The Labute approximate surface area is 262 Å². The van der Waals surface area contributed by atoms with Crippen LogP contribution in [0.1, 0.15) is 68.9 Å². The predicted molar refractivity (Wildman–Crippen MR) is 170 cm³/mol. The summed E-state index contributed by atoms with van der Waals surface area (Å²) >= 11 is 0. The molecule has 2 aromatic carbocycles. The van der Waals surface area contributed by atoms with E-state index in [4.69, 9.17) is 4.42 Å². The molecule has 0 unspecified atom stereocenters. The van der Waals surface area contributed by atoms with Gasteiger partial charge in [0.15, 0.2) is 5.58 Å². The normalized spacial score (nSPS) is 21.2. The molecule has 45 heavy (non-hydrogen) atoms. The van der Waals surface area contributed by atoms with Gasteiger partial charge in [-0.05, 0) is 61.3 Å². The number of urea groups is 2. The van der Waals surface area contributed by atoms with E-state index in [9.17, 15) is 19.2 Å². The lowest BCUT2D eigenvalue weighted by atomic mass is 9.76. The second-order valence-electron chi connectivity index (χ2n) is 13.3. The van der Waals surface area contributed by atoms with Gasteiger partial charge in [0, 0.05) is 43.9 Å². The quantitative estimate of drug-likeness (QED) is 0.330. The van der Waals surface area contributed by atoms with Gasteiger partial charge in [-0.3, -0.25) is 9.78 Å². The van der Waals surface area contributed by atoms with E-state index in [1.165, 1.54) is 32.1 Å². The second kappa shape index (κ2) is 12.3. The van der Waals surface area contributed by atoms with Crippen LogP contribution in [0.15, 0.2) is 51.7 Å². The number of amides is 5. The largest absolute Gasteiger partial charge is 0.417 e. The van der Waals surface area contributed by atoms with Crippen LogP contribution in [0, 0.1) is 11.8 Å². The SMILES string of the molecule is O=C1Nc2ccccc2C2(CCN(C(=O)N[C@H](Cc3ccc4[nH]c(=O)oc4c3)C(=O)N3CCC(C4CCCCC4)CC3)CC2)N1. The minimum atomic E-state index is -0.762. The van der Waals surface area contributed by atoms with Crippen molar-refractivity contribution in [3.63, 3.8) is 0 Å².